The summed E-state index contributed by atoms with van der Waals surface area (Å²) in [5.74, 6) is 2.10. The number of nitrogens with one attached hydrogen (secondary N) is 1. The number of furan rings is 1. The van der Waals surface area contributed by atoms with Crippen LogP contribution in [0.25, 0.3) is 0 Å². The summed E-state index contributed by atoms with van der Waals surface area (Å²) >= 11 is 0. The Labute approximate surface area is 86.7 Å². The second-order valence-corrected chi connectivity index (χ2v) is 4.89. The summed E-state index contributed by atoms with van der Waals surface area (Å²) in [4.78, 5) is 0. The van der Waals surface area contributed by atoms with Gasteiger partial charge >= 0.3 is 0 Å². The highest BCUT2D eigenvalue weighted by molar-refractivity contribution is 5.06. The number of rotatable bonds is 4. The summed E-state index contributed by atoms with van der Waals surface area (Å²) in [5, 5.41) is 3.39. The van der Waals surface area contributed by atoms with Crippen molar-refractivity contribution in [1.82, 2.24) is 5.32 Å². The van der Waals surface area contributed by atoms with Crippen molar-refractivity contribution >= 4 is 0 Å². The first-order valence-electron chi connectivity index (χ1n) is 5.29. The zero-order valence-corrected chi connectivity index (χ0v) is 9.68. The van der Waals surface area contributed by atoms with Gasteiger partial charge in [0.1, 0.15) is 11.5 Å². The van der Waals surface area contributed by atoms with Gasteiger partial charge in [0.25, 0.3) is 0 Å². The van der Waals surface area contributed by atoms with Crippen LogP contribution in [-0.2, 0) is 13.0 Å². The van der Waals surface area contributed by atoms with Crippen molar-refractivity contribution in [2.24, 2.45) is 5.41 Å². The molecule has 0 amide bonds. The summed E-state index contributed by atoms with van der Waals surface area (Å²) in [6.45, 7) is 10.6. The van der Waals surface area contributed by atoms with Crippen LogP contribution in [0.1, 0.15) is 39.2 Å². The van der Waals surface area contributed by atoms with Crippen molar-refractivity contribution in [3.05, 3.63) is 23.7 Å². The van der Waals surface area contributed by atoms with Crippen LogP contribution in [0, 0.1) is 5.41 Å². The van der Waals surface area contributed by atoms with E-state index < -0.39 is 0 Å². The lowest BCUT2D eigenvalue weighted by atomic mass is 9.97. The topological polar surface area (TPSA) is 25.2 Å². The molecule has 0 aliphatic rings. The van der Waals surface area contributed by atoms with Gasteiger partial charge in [0, 0.05) is 13.0 Å². The van der Waals surface area contributed by atoms with Crippen molar-refractivity contribution in [2.45, 2.75) is 40.7 Å². The van der Waals surface area contributed by atoms with E-state index in [1.165, 1.54) is 0 Å². The van der Waals surface area contributed by atoms with E-state index in [1.54, 1.807) is 0 Å². The lowest BCUT2D eigenvalue weighted by Gasteiger charge is -2.18. The average molecular weight is 195 g/mol. The molecule has 0 saturated heterocycles. The van der Waals surface area contributed by atoms with E-state index in [-0.39, 0.29) is 0 Å². The first kappa shape index (κ1) is 11.3. The lowest BCUT2D eigenvalue weighted by Crippen LogP contribution is -2.26. The molecule has 0 unspecified atom stereocenters. The predicted molar refractivity (Wildman–Crippen MR) is 59.2 cm³/mol. The number of aryl methyl sites for hydroxylation is 1. The molecule has 80 valence electrons. The average Bonchev–Trinajstić information content (AvgIpc) is 2.50. The van der Waals surface area contributed by atoms with Crippen molar-refractivity contribution < 1.29 is 4.42 Å². The molecule has 1 aromatic rings. The molecule has 0 spiro atoms. The smallest absolute Gasteiger partial charge is 0.117 e. The molecule has 0 aliphatic carbocycles. The molecule has 0 radical (unpaired) electrons. The second kappa shape index (κ2) is 4.65. The van der Waals surface area contributed by atoms with E-state index in [2.05, 4.69) is 39.1 Å². The van der Waals surface area contributed by atoms with Crippen molar-refractivity contribution in [3.63, 3.8) is 0 Å². The molecule has 1 heterocycles. The Morgan fingerprint density at radius 3 is 2.36 bits per heavy atom. The van der Waals surface area contributed by atoms with E-state index in [4.69, 9.17) is 4.42 Å². The second-order valence-electron chi connectivity index (χ2n) is 4.89. The molecule has 0 bridgehead atoms. The Balaban J connectivity index is 2.31. The minimum atomic E-state index is 0.334. The quantitative estimate of drug-likeness (QED) is 0.799. The molecule has 2 heteroatoms. The molecule has 1 rings (SSSR count). The Bertz CT molecular complexity index is 270. The SMILES string of the molecule is CCc1ccc(CNCC(C)(C)C)o1. The summed E-state index contributed by atoms with van der Waals surface area (Å²) < 4.78 is 5.59. The molecule has 0 saturated carbocycles. The Morgan fingerprint density at radius 2 is 1.86 bits per heavy atom. The fraction of sp³-hybridized carbons (Fsp3) is 0.667. The zero-order chi connectivity index (χ0) is 10.6. The maximum absolute atomic E-state index is 5.59. The van der Waals surface area contributed by atoms with Gasteiger partial charge in [-0.3, -0.25) is 0 Å². The van der Waals surface area contributed by atoms with Gasteiger partial charge in [-0.25, -0.2) is 0 Å². The molecule has 2 nitrogen and oxygen atoms in total. The highest BCUT2D eigenvalue weighted by Gasteiger charge is 2.09. The monoisotopic (exact) mass is 195 g/mol. The van der Waals surface area contributed by atoms with Crippen LogP contribution in [0.5, 0.6) is 0 Å². The highest BCUT2D eigenvalue weighted by Crippen LogP contribution is 2.12. The zero-order valence-electron chi connectivity index (χ0n) is 9.68. The highest BCUT2D eigenvalue weighted by atomic mass is 16.3. The van der Waals surface area contributed by atoms with E-state index in [0.717, 1.165) is 31.0 Å². The Morgan fingerprint density at radius 1 is 1.21 bits per heavy atom. The first-order valence-corrected chi connectivity index (χ1v) is 5.29. The standard InChI is InChI=1S/C12H21NO/c1-5-10-6-7-11(14-10)8-13-9-12(2,3)4/h6-7,13H,5,8-9H2,1-4H3. The van der Waals surface area contributed by atoms with Gasteiger partial charge < -0.3 is 9.73 Å². The lowest BCUT2D eigenvalue weighted by molar-refractivity contribution is 0.363. The fourth-order valence-electron chi connectivity index (χ4n) is 1.27. The molecule has 1 N–H and O–H groups in total. The molecule has 1 aromatic heterocycles. The first-order chi connectivity index (χ1) is 6.51. The summed E-state index contributed by atoms with van der Waals surface area (Å²) in [7, 11) is 0. The normalized spacial score (nSPS) is 12.0. The van der Waals surface area contributed by atoms with Gasteiger partial charge in [0.2, 0.25) is 0 Å². The van der Waals surface area contributed by atoms with Gasteiger partial charge in [-0.2, -0.15) is 0 Å². The van der Waals surface area contributed by atoms with Gasteiger partial charge in [-0.05, 0) is 17.5 Å². The predicted octanol–water partition coefficient (Wildman–Crippen LogP) is 2.98. The van der Waals surface area contributed by atoms with Crippen LogP contribution >= 0.6 is 0 Å². The third-order valence-electron chi connectivity index (χ3n) is 2.02. The Hall–Kier alpha value is -0.760. The molecule has 0 fully saturated rings. The minimum absolute atomic E-state index is 0.334. The third kappa shape index (κ3) is 3.97. The van der Waals surface area contributed by atoms with Crippen LogP contribution in [0.2, 0.25) is 0 Å². The molecular weight excluding hydrogens is 174 g/mol. The number of hydrogen-bond donors (Lipinski definition) is 1. The third-order valence-corrected chi connectivity index (χ3v) is 2.02. The number of hydrogen-bond acceptors (Lipinski definition) is 2. The molecule has 0 atom stereocenters. The van der Waals surface area contributed by atoms with Gasteiger partial charge in [-0.1, -0.05) is 27.7 Å². The van der Waals surface area contributed by atoms with Gasteiger partial charge in [-0.15, -0.1) is 0 Å². The fourth-order valence-corrected chi connectivity index (χ4v) is 1.27. The molecule has 14 heavy (non-hydrogen) atoms. The maximum atomic E-state index is 5.59. The van der Waals surface area contributed by atoms with Crippen LogP contribution in [0.15, 0.2) is 16.5 Å². The van der Waals surface area contributed by atoms with E-state index in [0.29, 0.717) is 5.41 Å². The summed E-state index contributed by atoms with van der Waals surface area (Å²) in [6.07, 6.45) is 0.971. The van der Waals surface area contributed by atoms with E-state index >= 15 is 0 Å². The molecule has 0 aromatic carbocycles. The Kier molecular flexibility index (Phi) is 3.76. The van der Waals surface area contributed by atoms with Crippen LogP contribution in [-0.4, -0.2) is 6.54 Å². The van der Waals surface area contributed by atoms with Crippen molar-refractivity contribution in [2.75, 3.05) is 6.54 Å². The van der Waals surface area contributed by atoms with Gasteiger partial charge in [0.15, 0.2) is 0 Å². The van der Waals surface area contributed by atoms with Crippen LogP contribution in [0.4, 0.5) is 0 Å². The van der Waals surface area contributed by atoms with E-state index in [9.17, 15) is 0 Å². The van der Waals surface area contributed by atoms with E-state index in [1.807, 2.05) is 6.07 Å². The summed E-state index contributed by atoms with van der Waals surface area (Å²) in [5.41, 5.74) is 0.334. The summed E-state index contributed by atoms with van der Waals surface area (Å²) in [6, 6.07) is 4.10. The van der Waals surface area contributed by atoms with Gasteiger partial charge in [0.05, 0.1) is 6.54 Å². The van der Waals surface area contributed by atoms with Crippen LogP contribution in [0.3, 0.4) is 0 Å². The maximum Gasteiger partial charge on any atom is 0.117 e. The molecular formula is C12H21NO. The van der Waals surface area contributed by atoms with Crippen molar-refractivity contribution in [1.29, 1.82) is 0 Å². The van der Waals surface area contributed by atoms with Crippen molar-refractivity contribution in [3.8, 4) is 0 Å². The minimum Gasteiger partial charge on any atom is -0.465 e. The van der Waals surface area contributed by atoms with Crippen LogP contribution < -0.4 is 5.32 Å². The largest absolute Gasteiger partial charge is 0.465 e. The molecule has 0 aliphatic heterocycles.